The van der Waals surface area contributed by atoms with Crippen LogP contribution in [-0.4, -0.2) is 10.9 Å². The lowest BCUT2D eigenvalue weighted by atomic mass is 9.70. The van der Waals surface area contributed by atoms with Gasteiger partial charge in [0.15, 0.2) is 0 Å². The van der Waals surface area contributed by atoms with Crippen LogP contribution in [0, 0.1) is 16.7 Å². The monoisotopic (exact) mass is 207 g/mol. The van der Waals surface area contributed by atoms with E-state index in [-0.39, 0.29) is 0 Å². The first kappa shape index (κ1) is 10.7. The molecule has 0 spiro atoms. The standard InChI is InChI=1S/C13H21NO/c1-5-11(14-15)9-8-13(4)7-6-10(9)12(13,2)3/h8,10,15H,5-7H2,1-4H3/b14-11+/t10-,13+/m1/s1. The minimum absolute atomic E-state index is 0.304. The summed E-state index contributed by atoms with van der Waals surface area (Å²) in [4.78, 5) is 0. The molecule has 0 saturated heterocycles. The zero-order valence-electron chi connectivity index (χ0n) is 10.2. The average molecular weight is 207 g/mol. The van der Waals surface area contributed by atoms with Gasteiger partial charge in [0.25, 0.3) is 0 Å². The summed E-state index contributed by atoms with van der Waals surface area (Å²) in [6.07, 6.45) is 5.70. The van der Waals surface area contributed by atoms with E-state index in [4.69, 9.17) is 5.21 Å². The van der Waals surface area contributed by atoms with Crippen molar-refractivity contribution in [2.45, 2.75) is 47.0 Å². The van der Waals surface area contributed by atoms with E-state index in [2.05, 4.69) is 38.9 Å². The van der Waals surface area contributed by atoms with Crippen molar-refractivity contribution in [1.29, 1.82) is 0 Å². The molecule has 1 saturated carbocycles. The van der Waals surface area contributed by atoms with Gasteiger partial charge in [-0.3, -0.25) is 0 Å². The van der Waals surface area contributed by atoms with Crippen LogP contribution in [0.4, 0.5) is 0 Å². The normalized spacial score (nSPS) is 38.3. The Bertz CT molecular complexity index is 340. The Hall–Kier alpha value is -0.790. The molecule has 2 aliphatic rings. The Morgan fingerprint density at radius 2 is 2.20 bits per heavy atom. The van der Waals surface area contributed by atoms with Crippen LogP contribution in [0.2, 0.25) is 0 Å². The lowest BCUT2D eigenvalue weighted by Crippen LogP contribution is -2.27. The van der Waals surface area contributed by atoms with Crippen molar-refractivity contribution < 1.29 is 5.21 Å². The first-order chi connectivity index (χ1) is 6.96. The molecule has 2 atom stereocenters. The number of fused-ring (bicyclic) bond motifs is 2. The van der Waals surface area contributed by atoms with Crippen molar-refractivity contribution in [3.63, 3.8) is 0 Å². The largest absolute Gasteiger partial charge is 0.411 e. The van der Waals surface area contributed by atoms with Gasteiger partial charge >= 0.3 is 0 Å². The number of oxime groups is 1. The van der Waals surface area contributed by atoms with E-state index in [0.717, 1.165) is 12.1 Å². The summed E-state index contributed by atoms with van der Waals surface area (Å²) < 4.78 is 0. The van der Waals surface area contributed by atoms with Gasteiger partial charge in [0.2, 0.25) is 0 Å². The predicted octanol–water partition coefficient (Wildman–Crippen LogP) is 3.61. The summed E-state index contributed by atoms with van der Waals surface area (Å²) in [5.41, 5.74) is 2.82. The second-order valence-electron chi connectivity index (χ2n) is 5.73. The van der Waals surface area contributed by atoms with Gasteiger partial charge in [0.05, 0.1) is 5.71 Å². The summed E-state index contributed by atoms with van der Waals surface area (Å²) in [7, 11) is 0. The average Bonchev–Trinajstić information content (AvgIpc) is 2.50. The lowest BCUT2D eigenvalue weighted by molar-refractivity contribution is 0.180. The Kier molecular flexibility index (Phi) is 2.21. The quantitative estimate of drug-likeness (QED) is 0.419. The van der Waals surface area contributed by atoms with Gasteiger partial charge in [-0.2, -0.15) is 0 Å². The van der Waals surface area contributed by atoms with Gasteiger partial charge in [-0.05, 0) is 41.6 Å². The molecule has 0 aromatic rings. The van der Waals surface area contributed by atoms with Crippen LogP contribution in [-0.2, 0) is 0 Å². The molecule has 0 aliphatic heterocycles. The molecular weight excluding hydrogens is 186 g/mol. The molecule has 0 aromatic heterocycles. The Morgan fingerprint density at radius 3 is 2.53 bits per heavy atom. The maximum absolute atomic E-state index is 9.02. The highest BCUT2D eigenvalue weighted by Crippen LogP contribution is 2.64. The second-order valence-corrected chi connectivity index (χ2v) is 5.73. The summed E-state index contributed by atoms with van der Waals surface area (Å²) in [5.74, 6) is 0.591. The Morgan fingerprint density at radius 1 is 1.53 bits per heavy atom. The third kappa shape index (κ3) is 1.20. The minimum atomic E-state index is 0.304. The highest BCUT2D eigenvalue weighted by atomic mass is 16.4. The van der Waals surface area contributed by atoms with Crippen LogP contribution in [0.15, 0.2) is 16.8 Å². The third-order valence-corrected chi connectivity index (χ3v) is 4.93. The van der Waals surface area contributed by atoms with Crippen LogP contribution in [0.5, 0.6) is 0 Å². The molecule has 0 aromatic carbocycles. The van der Waals surface area contributed by atoms with Crippen LogP contribution < -0.4 is 0 Å². The Labute approximate surface area is 92.1 Å². The van der Waals surface area contributed by atoms with Gasteiger partial charge in [0, 0.05) is 0 Å². The zero-order valence-corrected chi connectivity index (χ0v) is 10.2. The van der Waals surface area contributed by atoms with Gasteiger partial charge in [-0.1, -0.05) is 38.9 Å². The van der Waals surface area contributed by atoms with Crippen molar-refractivity contribution in [2.75, 3.05) is 0 Å². The molecule has 0 heterocycles. The van der Waals surface area contributed by atoms with Crippen molar-refractivity contribution in [3.8, 4) is 0 Å². The van der Waals surface area contributed by atoms with Gasteiger partial charge < -0.3 is 5.21 Å². The topological polar surface area (TPSA) is 32.6 Å². The zero-order chi connectivity index (χ0) is 11.3. The summed E-state index contributed by atoms with van der Waals surface area (Å²) in [6.45, 7) is 9.08. The van der Waals surface area contributed by atoms with E-state index in [9.17, 15) is 0 Å². The van der Waals surface area contributed by atoms with Crippen molar-refractivity contribution in [2.24, 2.45) is 21.9 Å². The van der Waals surface area contributed by atoms with Crippen LogP contribution in [0.1, 0.15) is 47.0 Å². The van der Waals surface area contributed by atoms with E-state index >= 15 is 0 Å². The summed E-state index contributed by atoms with van der Waals surface area (Å²) in [6, 6.07) is 0. The first-order valence-corrected chi connectivity index (χ1v) is 5.90. The molecule has 84 valence electrons. The molecule has 2 rings (SSSR count). The number of rotatable bonds is 2. The van der Waals surface area contributed by atoms with E-state index in [1.165, 1.54) is 18.4 Å². The van der Waals surface area contributed by atoms with Gasteiger partial charge in [0.1, 0.15) is 0 Å². The molecule has 2 bridgehead atoms. The molecule has 0 unspecified atom stereocenters. The fourth-order valence-electron chi connectivity index (χ4n) is 3.39. The first-order valence-electron chi connectivity index (χ1n) is 5.90. The number of allylic oxidation sites excluding steroid dienone is 2. The molecule has 15 heavy (non-hydrogen) atoms. The van der Waals surface area contributed by atoms with E-state index < -0.39 is 0 Å². The third-order valence-electron chi connectivity index (χ3n) is 4.93. The molecule has 2 nitrogen and oxygen atoms in total. The van der Waals surface area contributed by atoms with Crippen LogP contribution >= 0.6 is 0 Å². The maximum Gasteiger partial charge on any atom is 0.0824 e. The van der Waals surface area contributed by atoms with E-state index in [0.29, 0.717) is 16.7 Å². The van der Waals surface area contributed by atoms with Crippen molar-refractivity contribution in [3.05, 3.63) is 11.6 Å². The van der Waals surface area contributed by atoms with Gasteiger partial charge in [-0.15, -0.1) is 0 Å². The van der Waals surface area contributed by atoms with Crippen molar-refractivity contribution >= 4 is 5.71 Å². The second kappa shape index (κ2) is 3.10. The number of nitrogens with zero attached hydrogens (tertiary/aromatic N) is 1. The lowest BCUT2D eigenvalue weighted by Gasteiger charge is -2.34. The Balaban J connectivity index is 2.41. The molecule has 1 fully saturated rings. The molecule has 2 heteroatoms. The summed E-state index contributed by atoms with van der Waals surface area (Å²) >= 11 is 0. The number of hydrogen-bond acceptors (Lipinski definition) is 2. The fraction of sp³-hybridized carbons (Fsp3) is 0.769. The van der Waals surface area contributed by atoms with E-state index in [1.807, 2.05) is 0 Å². The minimum Gasteiger partial charge on any atom is -0.411 e. The fourth-order valence-corrected chi connectivity index (χ4v) is 3.39. The molecular formula is C13H21NO. The highest BCUT2D eigenvalue weighted by Gasteiger charge is 2.56. The molecule has 0 radical (unpaired) electrons. The smallest absolute Gasteiger partial charge is 0.0824 e. The predicted molar refractivity (Wildman–Crippen MR) is 62.2 cm³/mol. The van der Waals surface area contributed by atoms with Gasteiger partial charge in [-0.25, -0.2) is 0 Å². The maximum atomic E-state index is 9.02. The molecule has 1 N–H and O–H groups in total. The van der Waals surface area contributed by atoms with Crippen molar-refractivity contribution in [1.82, 2.24) is 0 Å². The molecule has 0 amide bonds. The van der Waals surface area contributed by atoms with Crippen LogP contribution in [0.25, 0.3) is 0 Å². The number of hydrogen-bond donors (Lipinski definition) is 1. The SMILES string of the molecule is CC/C(=N\O)C1=C[C@]2(C)CC[C@H]1C2(C)C. The highest BCUT2D eigenvalue weighted by molar-refractivity contribution is 6.01. The summed E-state index contributed by atoms with van der Waals surface area (Å²) in [5, 5.41) is 12.5. The van der Waals surface area contributed by atoms with E-state index in [1.54, 1.807) is 0 Å². The van der Waals surface area contributed by atoms with Crippen LogP contribution in [0.3, 0.4) is 0 Å². The molecule has 2 aliphatic carbocycles.